The van der Waals surface area contributed by atoms with Crippen LogP contribution in [0, 0.1) is 12.3 Å². The molecule has 3 unspecified atom stereocenters. The second-order valence-electron chi connectivity index (χ2n) is 3.83. The lowest BCUT2D eigenvalue weighted by molar-refractivity contribution is -0.123. The van der Waals surface area contributed by atoms with E-state index in [2.05, 4.69) is 16.6 Å². The number of carbonyl (C=O) groups is 1. The molecule has 0 spiro atoms. The van der Waals surface area contributed by atoms with Crippen LogP contribution in [0.5, 0.6) is 0 Å². The predicted octanol–water partition coefficient (Wildman–Crippen LogP) is 1.29. The van der Waals surface area contributed by atoms with E-state index in [1.54, 1.807) is 0 Å². The molecule has 2 N–H and O–H groups in total. The Bertz CT molecular complexity index is 232. The van der Waals surface area contributed by atoms with Crippen molar-refractivity contribution in [3.8, 4) is 12.3 Å². The van der Waals surface area contributed by atoms with Gasteiger partial charge < -0.3 is 5.32 Å². The smallest absolute Gasteiger partial charge is 0.237 e. The van der Waals surface area contributed by atoms with Crippen molar-refractivity contribution in [2.45, 2.75) is 58.7 Å². The molecular weight excluding hydrogens is 188 g/mol. The Morgan fingerprint density at radius 1 is 1.33 bits per heavy atom. The molecule has 0 rings (SSSR count). The summed E-state index contributed by atoms with van der Waals surface area (Å²) in [5.41, 5.74) is 0. The third kappa shape index (κ3) is 5.44. The van der Waals surface area contributed by atoms with Crippen LogP contribution in [0.15, 0.2) is 0 Å². The van der Waals surface area contributed by atoms with Gasteiger partial charge in [0.1, 0.15) is 0 Å². The zero-order valence-electron chi connectivity index (χ0n) is 10.1. The van der Waals surface area contributed by atoms with Crippen molar-refractivity contribution in [2.24, 2.45) is 0 Å². The average Bonchev–Trinajstić information content (AvgIpc) is 2.24. The third-order valence-corrected chi connectivity index (χ3v) is 2.45. The highest BCUT2D eigenvalue weighted by atomic mass is 16.2. The van der Waals surface area contributed by atoms with E-state index in [0.29, 0.717) is 0 Å². The van der Waals surface area contributed by atoms with Gasteiger partial charge in [0.15, 0.2) is 0 Å². The Morgan fingerprint density at radius 2 is 1.93 bits per heavy atom. The van der Waals surface area contributed by atoms with Crippen molar-refractivity contribution in [3.05, 3.63) is 0 Å². The van der Waals surface area contributed by atoms with E-state index in [4.69, 9.17) is 6.42 Å². The minimum Gasteiger partial charge on any atom is -0.352 e. The number of terminal acetylenes is 1. The van der Waals surface area contributed by atoms with Gasteiger partial charge in [0, 0.05) is 6.04 Å². The molecule has 86 valence electrons. The molecule has 0 aromatic heterocycles. The fourth-order valence-electron chi connectivity index (χ4n) is 1.13. The van der Waals surface area contributed by atoms with Crippen molar-refractivity contribution >= 4 is 5.91 Å². The van der Waals surface area contributed by atoms with E-state index < -0.39 is 0 Å². The SMILES string of the molecule is C#CC(CC)NC(C)C(=O)NC(C)CC. The van der Waals surface area contributed by atoms with Crippen LogP contribution in [0.3, 0.4) is 0 Å². The summed E-state index contributed by atoms with van der Waals surface area (Å²) in [5, 5.41) is 6.01. The third-order valence-electron chi connectivity index (χ3n) is 2.45. The molecule has 0 aromatic carbocycles. The predicted molar refractivity (Wildman–Crippen MR) is 63.4 cm³/mol. The van der Waals surface area contributed by atoms with Crippen molar-refractivity contribution in [3.63, 3.8) is 0 Å². The summed E-state index contributed by atoms with van der Waals surface area (Å²) in [4.78, 5) is 11.6. The van der Waals surface area contributed by atoms with Gasteiger partial charge in [0.25, 0.3) is 0 Å². The van der Waals surface area contributed by atoms with Crippen LogP contribution >= 0.6 is 0 Å². The molecule has 15 heavy (non-hydrogen) atoms. The summed E-state index contributed by atoms with van der Waals surface area (Å²) in [5.74, 6) is 2.63. The highest BCUT2D eigenvalue weighted by Gasteiger charge is 2.16. The Kier molecular flexibility index (Phi) is 6.81. The number of amides is 1. The summed E-state index contributed by atoms with van der Waals surface area (Å²) in [6.07, 6.45) is 7.08. The van der Waals surface area contributed by atoms with E-state index >= 15 is 0 Å². The first-order chi connectivity index (χ1) is 7.04. The second kappa shape index (κ2) is 7.30. The van der Waals surface area contributed by atoms with E-state index in [1.807, 2.05) is 27.7 Å². The molecule has 0 saturated carbocycles. The van der Waals surface area contributed by atoms with Gasteiger partial charge in [-0.05, 0) is 26.7 Å². The molecule has 0 aromatic rings. The van der Waals surface area contributed by atoms with Crippen molar-refractivity contribution in [1.29, 1.82) is 0 Å². The van der Waals surface area contributed by atoms with Crippen molar-refractivity contribution < 1.29 is 4.79 Å². The van der Waals surface area contributed by atoms with Gasteiger partial charge in [0.05, 0.1) is 12.1 Å². The molecule has 3 heteroatoms. The Hall–Kier alpha value is -1.01. The Morgan fingerprint density at radius 3 is 2.33 bits per heavy atom. The van der Waals surface area contributed by atoms with Gasteiger partial charge in [-0.1, -0.05) is 19.8 Å². The monoisotopic (exact) mass is 210 g/mol. The van der Waals surface area contributed by atoms with Crippen LogP contribution in [-0.4, -0.2) is 24.0 Å². The summed E-state index contributed by atoms with van der Waals surface area (Å²) in [7, 11) is 0. The second-order valence-corrected chi connectivity index (χ2v) is 3.83. The van der Waals surface area contributed by atoms with E-state index in [9.17, 15) is 4.79 Å². The van der Waals surface area contributed by atoms with Crippen LogP contribution in [0.2, 0.25) is 0 Å². The molecule has 0 radical (unpaired) electrons. The fourth-order valence-corrected chi connectivity index (χ4v) is 1.13. The topological polar surface area (TPSA) is 41.1 Å². The quantitative estimate of drug-likeness (QED) is 0.649. The normalized spacial score (nSPS) is 16.2. The van der Waals surface area contributed by atoms with Gasteiger partial charge in [-0.3, -0.25) is 10.1 Å². The van der Waals surface area contributed by atoms with Crippen molar-refractivity contribution in [1.82, 2.24) is 10.6 Å². The van der Waals surface area contributed by atoms with Gasteiger partial charge >= 0.3 is 0 Å². The molecule has 0 aliphatic heterocycles. The number of hydrogen-bond acceptors (Lipinski definition) is 2. The van der Waals surface area contributed by atoms with Crippen LogP contribution in [0.1, 0.15) is 40.5 Å². The largest absolute Gasteiger partial charge is 0.352 e. The molecule has 3 nitrogen and oxygen atoms in total. The molecule has 1 amide bonds. The molecule has 0 fully saturated rings. The van der Waals surface area contributed by atoms with Crippen LogP contribution in [0.4, 0.5) is 0 Å². The van der Waals surface area contributed by atoms with Crippen molar-refractivity contribution in [2.75, 3.05) is 0 Å². The maximum absolute atomic E-state index is 11.6. The first kappa shape index (κ1) is 14.0. The minimum absolute atomic E-state index is 0.0121. The summed E-state index contributed by atoms with van der Waals surface area (Å²) in [6.45, 7) is 7.86. The lowest BCUT2D eigenvalue weighted by Gasteiger charge is -2.20. The molecule has 0 aliphatic rings. The lowest BCUT2D eigenvalue weighted by atomic mass is 10.2. The highest BCUT2D eigenvalue weighted by molar-refractivity contribution is 5.81. The highest BCUT2D eigenvalue weighted by Crippen LogP contribution is 1.94. The van der Waals surface area contributed by atoms with E-state index in [-0.39, 0.29) is 24.0 Å². The number of nitrogens with one attached hydrogen (secondary N) is 2. The Labute approximate surface area is 93.0 Å². The van der Waals surface area contributed by atoms with E-state index in [0.717, 1.165) is 12.8 Å². The van der Waals surface area contributed by atoms with Gasteiger partial charge in [-0.2, -0.15) is 0 Å². The maximum Gasteiger partial charge on any atom is 0.237 e. The molecule has 0 saturated heterocycles. The molecule has 3 atom stereocenters. The van der Waals surface area contributed by atoms with Gasteiger partial charge in [-0.15, -0.1) is 6.42 Å². The van der Waals surface area contributed by atoms with Gasteiger partial charge in [-0.25, -0.2) is 0 Å². The number of hydrogen-bond donors (Lipinski definition) is 2. The summed E-state index contributed by atoms with van der Waals surface area (Å²) < 4.78 is 0. The number of rotatable bonds is 6. The first-order valence-corrected chi connectivity index (χ1v) is 5.57. The van der Waals surface area contributed by atoms with E-state index in [1.165, 1.54) is 0 Å². The minimum atomic E-state index is -0.236. The van der Waals surface area contributed by atoms with Crippen LogP contribution in [-0.2, 0) is 4.79 Å². The fraction of sp³-hybridized carbons (Fsp3) is 0.750. The van der Waals surface area contributed by atoms with Crippen LogP contribution in [0.25, 0.3) is 0 Å². The summed E-state index contributed by atoms with van der Waals surface area (Å²) in [6, 6.07) is -0.0460. The Balaban J connectivity index is 4.04. The standard InChI is InChI=1S/C12H22N2O/c1-6-9(4)13-12(15)10(5)14-11(7-2)8-3/h2,9-11,14H,6,8H2,1,3-5H3,(H,13,15). The zero-order valence-corrected chi connectivity index (χ0v) is 10.1. The van der Waals surface area contributed by atoms with Crippen LogP contribution < -0.4 is 10.6 Å². The number of carbonyl (C=O) groups excluding carboxylic acids is 1. The molecule has 0 bridgehead atoms. The maximum atomic E-state index is 11.6. The molecular formula is C12H22N2O. The summed E-state index contributed by atoms with van der Waals surface area (Å²) >= 11 is 0. The molecule has 0 aliphatic carbocycles. The van der Waals surface area contributed by atoms with Gasteiger partial charge in [0.2, 0.25) is 5.91 Å². The first-order valence-electron chi connectivity index (χ1n) is 5.57. The zero-order chi connectivity index (χ0) is 11.8. The average molecular weight is 210 g/mol. The lowest BCUT2D eigenvalue weighted by Crippen LogP contribution is -2.48. The molecule has 0 heterocycles.